The van der Waals surface area contributed by atoms with Gasteiger partial charge in [-0.15, -0.1) is 0 Å². The molecule has 1 atom stereocenters. The molecule has 0 radical (unpaired) electrons. The summed E-state index contributed by atoms with van der Waals surface area (Å²) in [5.74, 6) is -1.27. The van der Waals surface area contributed by atoms with Crippen molar-refractivity contribution in [1.29, 1.82) is 0 Å². The van der Waals surface area contributed by atoms with Gasteiger partial charge in [-0.3, -0.25) is 9.59 Å². The van der Waals surface area contributed by atoms with Crippen LogP contribution in [0.2, 0.25) is 5.02 Å². The number of amides is 1. The molecule has 6 nitrogen and oxygen atoms in total. The first-order valence-corrected chi connectivity index (χ1v) is 6.84. The topological polar surface area (TPSA) is 78.9 Å². The lowest BCUT2D eigenvalue weighted by molar-refractivity contribution is -0.135. The fourth-order valence-electron chi connectivity index (χ4n) is 1.80. The summed E-state index contributed by atoms with van der Waals surface area (Å²) in [5.41, 5.74) is 0.621. The third-order valence-corrected chi connectivity index (χ3v) is 3.17. The largest absolute Gasteiger partial charge is 0.480 e. The maximum Gasteiger partial charge on any atom is 0.323 e. The molecule has 1 aromatic carbocycles. The lowest BCUT2D eigenvalue weighted by atomic mass is 10.2. The summed E-state index contributed by atoms with van der Waals surface area (Å²) in [4.78, 5) is 24.6. The van der Waals surface area contributed by atoms with Crippen LogP contribution in [0.1, 0.15) is 6.92 Å². The molecule has 0 aliphatic carbocycles. The number of anilines is 1. The Hall–Kier alpha value is -1.79. The second kappa shape index (κ2) is 8.49. The fraction of sp³-hybridized carbons (Fsp3) is 0.429. The van der Waals surface area contributed by atoms with Gasteiger partial charge >= 0.3 is 5.97 Å². The number of rotatable bonds is 8. The second-order valence-corrected chi connectivity index (χ2v) is 4.89. The van der Waals surface area contributed by atoms with Crippen LogP contribution < -0.4 is 10.2 Å². The number of methoxy groups -OCH3 is 1. The van der Waals surface area contributed by atoms with E-state index < -0.39 is 12.0 Å². The number of benzene rings is 1. The molecule has 0 spiro atoms. The predicted octanol–water partition coefficient (Wildman–Crippen LogP) is 1.38. The minimum Gasteiger partial charge on any atom is -0.480 e. The van der Waals surface area contributed by atoms with Crippen LogP contribution in [0.3, 0.4) is 0 Å². The van der Waals surface area contributed by atoms with E-state index in [2.05, 4.69) is 5.32 Å². The SMILES string of the molecule is COCCNC(=O)C(C)N(CC(=O)O)c1ccc(Cl)cc1. The zero-order chi connectivity index (χ0) is 15.8. The number of hydrogen-bond acceptors (Lipinski definition) is 4. The molecule has 0 aromatic heterocycles. The van der Waals surface area contributed by atoms with E-state index in [1.165, 1.54) is 4.90 Å². The first-order chi connectivity index (χ1) is 9.95. The Kier molecular flexibility index (Phi) is 6.98. The summed E-state index contributed by atoms with van der Waals surface area (Å²) in [6, 6.07) is 6.05. The maximum atomic E-state index is 12.1. The Morgan fingerprint density at radius 2 is 2.00 bits per heavy atom. The van der Waals surface area contributed by atoms with E-state index in [0.717, 1.165) is 0 Å². The van der Waals surface area contributed by atoms with Gasteiger partial charge in [-0.2, -0.15) is 0 Å². The summed E-state index contributed by atoms with van der Waals surface area (Å²) < 4.78 is 4.86. The van der Waals surface area contributed by atoms with Crippen LogP contribution in [0.4, 0.5) is 5.69 Å². The molecule has 1 unspecified atom stereocenters. The normalized spacial score (nSPS) is 11.8. The number of hydrogen-bond donors (Lipinski definition) is 2. The molecular weight excluding hydrogens is 296 g/mol. The van der Waals surface area contributed by atoms with Gasteiger partial charge in [0.25, 0.3) is 0 Å². The molecule has 0 bridgehead atoms. The van der Waals surface area contributed by atoms with E-state index in [1.807, 2.05) is 0 Å². The highest BCUT2D eigenvalue weighted by molar-refractivity contribution is 6.30. The molecule has 0 aliphatic rings. The zero-order valence-corrected chi connectivity index (χ0v) is 12.8. The monoisotopic (exact) mass is 314 g/mol. The number of aliphatic carboxylic acids is 1. The Balaban J connectivity index is 2.83. The van der Waals surface area contributed by atoms with Crippen LogP contribution in [-0.2, 0) is 14.3 Å². The molecule has 0 heterocycles. The molecule has 116 valence electrons. The van der Waals surface area contributed by atoms with Crippen LogP contribution in [0.15, 0.2) is 24.3 Å². The van der Waals surface area contributed by atoms with Crippen molar-refractivity contribution in [3.8, 4) is 0 Å². The van der Waals surface area contributed by atoms with Crippen LogP contribution in [0.25, 0.3) is 0 Å². The quantitative estimate of drug-likeness (QED) is 0.709. The van der Waals surface area contributed by atoms with Crippen molar-refractivity contribution >= 4 is 29.2 Å². The van der Waals surface area contributed by atoms with Crippen LogP contribution in [0, 0.1) is 0 Å². The van der Waals surface area contributed by atoms with Gasteiger partial charge in [0.1, 0.15) is 12.6 Å². The summed E-state index contributed by atoms with van der Waals surface area (Å²) in [5, 5.41) is 12.3. The first kappa shape index (κ1) is 17.3. The Morgan fingerprint density at radius 1 is 1.38 bits per heavy atom. The van der Waals surface area contributed by atoms with Crippen LogP contribution >= 0.6 is 11.6 Å². The summed E-state index contributed by atoms with van der Waals surface area (Å²) in [6.07, 6.45) is 0. The number of halogens is 1. The minimum atomic E-state index is -1.01. The molecule has 0 fully saturated rings. The highest BCUT2D eigenvalue weighted by atomic mass is 35.5. The number of carboxylic acids is 1. The third kappa shape index (κ3) is 5.61. The van der Waals surface area contributed by atoms with Crippen molar-refractivity contribution in [2.24, 2.45) is 0 Å². The van der Waals surface area contributed by atoms with Gasteiger partial charge in [-0.1, -0.05) is 11.6 Å². The third-order valence-electron chi connectivity index (χ3n) is 2.92. The first-order valence-electron chi connectivity index (χ1n) is 6.46. The lowest BCUT2D eigenvalue weighted by Gasteiger charge is -2.29. The lowest BCUT2D eigenvalue weighted by Crippen LogP contribution is -2.48. The van der Waals surface area contributed by atoms with Crippen molar-refractivity contribution in [2.45, 2.75) is 13.0 Å². The van der Waals surface area contributed by atoms with E-state index in [1.54, 1.807) is 38.3 Å². The number of carbonyl (C=O) groups is 2. The average molecular weight is 315 g/mol. The van der Waals surface area contributed by atoms with E-state index in [4.69, 9.17) is 21.4 Å². The summed E-state index contributed by atoms with van der Waals surface area (Å²) in [7, 11) is 1.54. The van der Waals surface area contributed by atoms with Crippen molar-refractivity contribution in [3.05, 3.63) is 29.3 Å². The second-order valence-electron chi connectivity index (χ2n) is 4.46. The maximum absolute atomic E-state index is 12.1. The van der Waals surface area contributed by atoms with Gasteiger partial charge < -0.3 is 20.1 Å². The highest BCUT2D eigenvalue weighted by Gasteiger charge is 2.23. The standard InChI is InChI=1S/C14H19ClN2O4/c1-10(14(20)16-7-8-21-2)17(9-13(18)19)12-5-3-11(15)4-6-12/h3-6,10H,7-9H2,1-2H3,(H,16,20)(H,18,19). The van der Waals surface area contributed by atoms with Gasteiger partial charge in [0, 0.05) is 24.4 Å². The summed E-state index contributed by atoms with van der Waals surface area (Å²) in [6.45, 7) is 2.15. The molecule has 1 aromatic rings. The number of carbonyl (C=O) groups excluding carboxylic acids is 1. The van der Waals surface area contributed by atoms with Gasteiger partial charge in [0.05, 0.1) is 6.61 Å². The van der Waals surface area contributed by atoms with Gasteiger partial charge in [-0.25, -0.2) is 0 Å². The minimum absolute atomic E-state index is 0.261. The molecule has 21 heavy (non-hydrogen) atoms. The smallest absolute Gasteiger partial charge is 0.323 e. The average Bonchev–Trinajstić information content (AvgIpc) is 2.45. The van der Waals surface area contributed by atoms with Crippen molar-refractivity contribution in [1.82, 2.24) is 5.32 Å². The van der Waals surface area contributed by atoms with E-state index in [9.17, 15) is 9.59 Å². The Labute approximate surface area is 128 Å². The fourth-order valence-corrected chi connectivity index (χ4v) is 1.92. The van der Waals surface area contributed by atoms with Gasteiger partial charge in [-0.05, 0) is 31.2 Å². The molecule has 1 rings (SSSR count). The van der Waals surface area contributed by atoms with Crippen molar-refractivity contribution < 1.29 is 19.4 Å². The number of nitrogens with one attached hydrogen (secondary N) is 1. The molecule has 2 N–H and O–H groups in total. The highest BCUT2D eigenvalue weighted by Crippen LogP contribution is 2.20. The van der Waals surface area contributed by atoms with E-state index in [-0.39, 0.29) is 12.5 Å². The number of carboxylic acid groups (broad SMARTS) is 1. The van der Waals surface area contributed by atoms with Gasteiger partial charge in [0.2, 0.25) is 5.91 Å². The molecule has 1 amide bonds. The molecule has 7 heteroatoms. The van der Waals surface area contributed by atoms with Crippen LogP contribution in [0.5, 0.6) is 0 Å². The zero-order valence-electron chi connectivity index (χ0n) is 12.0. The molecule has 0 saturated heterocycles. The number of ether oxygens (including phenoxy) is 1. The van der Waals surface area contributed by atoms with E-state index in [0.29, 0.717) is 23.9 Å². The molecule has 0 aliphatic heterocycles. The molecular formula is C14H19ClN2O4. The predicted molar refractivity (Wildman–Crippen MR) is 80.8 cm³/mol. The molecule has 0 saturated carbocycles. The van der Waals surface area contributed by atoms with Crippen LogP contribution in [-0.4, -0.2) is 49.8 Å². The van der Waals surface area contributed by atoms with Gasteiger partial charge in [0.15, 0.2) is 0 Å². The summed E-state index contributed by atoms with van der Waals surface area (Å²) >= 11 is 5.82. The van der Waals surface area contributed by atoms with Crippen molar-refractivity contribution in [3.63, 3.8) is 0 Å². The number of nitrogens with zero attached hydrogens (tertiary/aromatic N) is 1. The van der Waals surface area contributed by atoms with E-state index >= 15 is 0 Å². The van der Waals surface area contributed by atoms with Crippen molar-refractivity contribution in [2.75, 3.05) is 31.7 Å². The Bertz CT molecular complexity index is 478. The Morgan fingerprint density at radius 3 is 2.52 bits per heavy atom.